The summed E-state index contributed by atoms with van der Waals surface area (Å²) in [5, 5.41) is 0. The Balaban J connectivity index is 2.00. The van der Waals surface area contributed by atoms with Crippen molar-refractivity contribution < 1.29 is 4.79 Å². The Hall–Kier alpha value is -0.0200. The van der Waals surface area contributed by atoms with Gasteiger partial charge in [0.25, 0.3) is 0 Å². The molecule has 0 radical (unpaired) electrons. The molecule has 2 nitrogen and oxygen atoms in total. The second-order valence-corrected chi connectivity index (χ2v) is 7.11. The maximum atomic E-state index is 11.9. The van der Waals surface area contributed by atoms with Gasteiger partial charge in [0.1, 0.15) is 5.78 Å². The van der Waals surface area contributed by atoms with E-state index in [1.807, 2.05) is 11.8 Å². The fourth-order valence-electron chi connectivity index (χ4n) is 2.67. The lowest BCUT2D eigenvalue weighted by Gasteiger charge is -2.42. The summed E-state index contributed by atoms with van der Waals surface area (Å²) < 4.78 is 0.329. The lowest BCUT2D eigenvalue weighted by Crippen LogP contribution is -2.51. The highest BCUT2D eigenvalue weighted by molar-refractivity contribution is 8.00. The standard InChI is InChI=1S/C12H21NOS/c1-12(2)9-13(7-8-15-12)10-5-3-4-6-11(10)14/h10H,3-9H2,1-2H3. The average molecular weight is 227 g/mol. The van der Waals surface area contributed by atoms with E-state index in [9.17, 15) is 4.79 Å². The molecule has 86 valence electrons. The number of ketones is 1. The van der Waals surface area contributed by atoms with Gasteiger partial charge >= 0.3 is 0 Å². The molecule has 1 saturated heterocycles. The number of carbonyl (C=O) groups is 1. The van der Waals surface area contributed by atoms with Crippen molar-refractivity contribution in [2.45, 2.75) is 50.3 Å². The summed E-state index contributed by atoms with van der Waals surface area (Å²) in [6, 6.07) is 0.249. The number of rotatable bonds is 1. The highest BCUT2D eigenvalue weighted by atomic mass is 32.2. The van der Waals surface area contributed by atoms with Gasteiger partial charge in [-0.15, -0.1) is 0 Å². The van der Waals surface area contributed by atoms with Crippen LogP contribution in [0.3, 0.4) is 0 Å². The number of hydrogen-bond donors (Lipinski definition) is 0. The van der Waals surface area contributed by atoms with Crippen LogP contribution >= 0.6 is 11.8 Å². The zero-order valence-electron chi connectivity index (χ0n) is 9.79. The highest BCUT2D eigenvalue weighted by Crippen LogP contribution is 2.32. The number of carbonyl (C=O) groups excluding carboxylic acids is 1. The first-order chi connectivity index (χ1) is 7.08. The number of hydrogen-bond acceptors (Lipinski definition) is 3. The van der Waals surface area contributed by atoms with E-state index in [1.54, 1.807) is 0 Å². The van der Waals surface area contributed by atoms with Crippen LogP contribution in [-0.4, -0.2) is 40.3 Å². The van der Waals surface area contributed by atoms with Gasteiger partial charge in [0.2, 0.25) is 0 Å². The minimum absolute atomic E-state index is 0.249. The Bertz CT molecular complexity index is 252. The molecule has 2 fully saturated rings. The van der Waals surface area contributed by atoms with Gasteiger partial charge in [-0.05, 0) is 26.7 Å². The van der Waals surface area contributed by atoms with E-state index in [2.05, 4.69) is 18.7 Å². The van der Waals surface area contributed by atoms with Gasteiger partial charge in [-0.1, -0.05) is 6.42 Å². The average Bonchev–Trinajstić information content (AvgIpc) is 2.17. The van der Waals surface area contributed by atoms with Crippen molar-refractivity contribution in [3.05, 3.63) is 0 Å². The Kier molecular flexibility index (Phi) is 3.41. The van der Waals surface area contributed by atoms with Crippen molar-refractivity contribution in [1.29, 1.82) is 0 Å². The molecule has 1 unspecified atom stereocenters. The van der Waals surface area contributed by atoms with Crippen molar-refractivity contribution in [1.82, 2.24) is 4.90 Å². The molecule has 1 heterocycles. The normalized spacial score (nSPS) is 32.9. The summed E-state index contributed by atoms with van der Waals surface area (Å²) >= 11 is 2.04. The van der Waals surface area contributed by atoms with E-state index in [0.717, 1.165) is 32.4 Å². The van der Waals surface area contributed by atoms with Crippen LogP contribution in [0.4, 0.5) is 0 Å². The lowest BCUT2D eigenvalue weighted by atomic mass is 9.92. The van der Waals surface area contributed by atoms with Gasteiger partial charge in [0.15, 0.2) is 0 Å². The zero-order chi connectivity index (χ0) is 10.9. The first-order valence-electron chi connectivity index (χ1n) is 5.99. The maximum Gasteiger partial charge on any atom is 0.149 e. The Morgan fingerprint density at radius 1 is 1.40 bits per heavy atom. The second-order valence-electron chi connectivity index (χ2n) is 5.31. The van der Waals surface area contributed by atoms with E-state index in [4.69, 9.17) is 0 Å². The lowest BCUT2D eigenvalue weighted by molar-refractivity contribution is -0.126. The Labute approximate surface area is 96.8 Å². The third-order valence-corrected chi connectivity index (χ3v) is 4.72. The molecule has 0 amide bonds. The molecule has 1 aliphatic carbocycles. The van der Waals surface area contributed by atoms with Crippen LogP contribution in [0.25, 0.3) is 0 Å². The molecule has 0 bridgehead atoms. The summed E-state index contributed by atoms with van der Waals surface area (Å²) in [5.74, 6) is 1.67. The Morgan fingerprint density at radius 2 is 2.20 bits per heavy atom. The molecule has 1 atom stereocenters. The van der Waals surface area contributed by atoms with Gasteiger partial charge in [-0.2, -0.15) is 11.8 Å². The fraction of sp³-hybridized carbons (Fsp3) is 0.917. The van der Waals surface area contributed by atoms with Crippen molar-refractivity contribution in [2.75, 3.05) is 18.8 Å². The van der Waals surface area contributed by atoms with Crippen LogP contribution < -0.4 is 0 Å². The van der Waals surface area contributed by atoms with E-state index in [-0.39, 0.29) is 6.04 Å². The number of thioether (sulfide) groups is 1. The summed E-state index contributed by atoms with van der Waals surface area (Å²) in [5.41, 5.74) is 0. The fourth-order valence-corrected chi connectivity index (χ4v) is 3.81. The van der Waals surface area contributed by atoms with Crippen molar-refractivity contribution in [3.63, 3.8) is 0 Å². The topological polar surface area (TPSA) is 20.3 Å². The largest absolute Gasteiger partial charge is 0.298 e. The molecule has 2 aliphatic rings. The van der Waals surface area contributed by atoms with Crippen LogP contribution in [0.2, 0.25) is 0 Å². The van der Waals surface area contributed by atoms with Crippen molar-refractivity contribution in [2.24, 2.45) is 0 Å². The quantitative estimate of drug-likeness (QED) is 0.686. The molecule has 0 aromatic heterocycles. The van der Waals surface area contributed by atoms with Crippen LogP contribution in [0.15, 0.2) is 0 Å². The smallest absolute Gasteiger partial charge is 0.149 e. The molecule has 1 aliphatic heterocycles. The SMILES string of the molecule is CC1(C)CN(C2CCCCC2=O)CCS1. The first kappa shape index (κ1) is 11.5. The molecule has 3 heteroatoms. The van der Waals surface area contributed by atoms with Gasteiger partial charge in [0.05, 0.1) is 6.04 Å². The highest BCUT2D eigenvalue weighted by Gasteiger charge is 2.34. The summed E-state index contributed by atoms with van der Waals surface area (Å²) in [6.45, 7) is 6.76. The minimum atomic E-state index is 0.249. The third-order valence-electron chi connectivity index (χ3n) is 3.42. The molecule has 0 spiro atoms. The molecule has 2 rings (SSSR count). The van der Waals surface area contributed by atoms with E-state index in [1.165, 1.54) is 12.2 Å². The van der Waals surface area contributed by atoms with Gasteiger partial charge < -0.3 is 0 Å². The molecule has 0 aromatic carbocycles. The monoisotopic (exact) mass is 227 g/mol. The predicted octanol–water partition coefficient (Wildman–Crippen LogP) is 2.33. The summed E-state index contributed by atoms with van der Waals surface area (Å²) in [6.07, 6.45) is 4.26. The molecular formula is C12H21NOS. The minimum Gasteiger partial charge on any atom is -0.298 e. The molecule has 15 heavy (non-hydrogen) atoms. The van der Waals surface area contributed by atoms with Crippen LogP contribution in [0.5, 0.6) is 0 Å². The molecule has 1 saturated carbocycles. The number of Topliss-reactive ketones (excluding diaryl/α,β-unsaturated/α-hetero) is 1. The van der Waals surface area contributed by atoms with Gasteiger partial charge in [-0.25, -0.2) is 0 Å². The maximum absolute atomic E-state index is 11.9. The molecular weight excluding hydrogens is 206 g/mol. The zero-order valence-corrected chi connectivity index (χ0v) is 10.6. The molecule has 0 N–H and O–H groups in total. The van der Waals surface area contributed by atoms with E-state index in [0.29, 0.717) is 10.5 Å². The van der Waals surface area contributed by atoms with Crippen LogP contribution in [0.1, 0.15) is 39.5 Å². The van der Waals surface area contributed by atoms with Crippen LogP contribution in [0, 0.1) is 0 Å². The van der Waals surface area contributed by atoms with Crippen molar-refractivity contribution >= 4 is 17.5 Å². The van der Waals surface area contributed by atoms with Crippen molar-refractivity contribution in [3.8, 4) is 0 Å². The Morgan fingerprint density at radius 3 is 2.87 bits per heavy atom. The third kappa shape index (κ3) is 2.76. The summed E-state index contributed by atoms with van der Waals surface area (Å²) in [4.78, 5) is 14.3. The van der Waals surface area contributed by atoms with Crippen LogP contribution in [-0.2, 0) is 4.79 Å². The second kappa shape index (κ2) is 4.46. The molecule has 0 aromatic rings. The predicted molar refractivity (Wildman–Crippen MR) is 65.4 cm³/mol. The number of nitrogens with zero attached hydrogens (tertiary/aromatic N) is 1. The first-order valence-corrected chi connectivity index (χ1v) is 6.98. The van der Waals surface area contributed by atoms with Gasteiger partial charge in [0, 0.05) is 30.0 Å². The van der Waals surface area contributed by atoms with Gasteiger partial charge in [-0.3, -0.25) is 9.69 Å². The van der Waals surface area contributed by atoms with E-state index >= 15 is 0 Å². The summed E-state index contributed by atoms with van der Waals surface area (Å²) in [7, 11) is 0. The van der Waals surface area contributed by atoms with E-state index < -0.39 is 0 Å².